The first-order chi connectivity index (χ1) is 24.3. The minimum atomic E-state index is -1.81. The molecule has 0 amide bonds. The molecule has 14 heteroatoms. The van der Waals surface area contributed by atoms with Crippen LogP contribution in [0.5, 0.6) is 23.0 Å². The van der Waals surface area contributed by atoms with E-state index in [1.165, 1.54) is 64.5 Å². The summed E-state index contributed by atoms with van der Waals surface area (Å²) in [7, 11) is 2.41. The molecule has 8 N–H and O–H groups in total. The minimum absolute atomic E-state index is 0.0485. The number of carboxylic acid groups (broad SMARTS) is 2. The molecule has 0 heterocycles. The summed E-state index contributed by atoms with van der Waals surface area (Å²) in [5, 5.41) is 87.5. The maximum absolute atomic E-state index is 13.3. The van der Waals surface area contributed by atoms with Gasteiger partial charge in [0.05, 0.1) is 71.3 Å². The molecule has 270 valence electrons. The van der Waals surface area contributed by atoms with Crippen molar-refractivity contribution in [2.45, 2.75) is 49.7 Å². The van der Waals surface area contributed by atoms with Crippen molar-refractivity contribution in [2.24, 2.45) is 0 Å². The lowest BCUT2D eigenvalue weighted by molar-refractivity contribution is -0.132. The molecule has 4 atom stereocenters. The molecular weight excluding hydrogens is 716 g/mol. The molecule has 4 unspecified atom stereocenters. The third kappa shape index (κ3) is 5.43. The first kappa shape index (κ1) is 35.7. The Bertz CT molecular complexity index is 2160. The largest absolute Gasteiger partial charge is 0.507 e. The summed E-state index contributed by atoms with van der Waals surface area (Å²) in [6, 6.07) is 8.53. The molecule has 0 radical (unpaired) electrons. The summed E-state index contributed by atoms with van der Waals surface area (Å²) in [5.74, 6) is -9.33. The quantitative estimate of drug-likeness (QED) is 0.0734. The van der Waals surface area contributed by atoms with Crippen LogP contribution in [0.15, 0.2) is 60.1 Å². The lowest BCUT2D eigenvalue weighted by Gasteiger charge is -2.39. The molecule has 2 aliphatic rings. The van der Waals surface area contributed by atoms with E-state index in [1.54, 1.807) is 0 Å². The van der Waals surface area contributed by atoms with Crippen molar-refractivity contribution in [3.63, 3.8) is 0 Å². The molecule has 52 heavy (non-hydrogen) atoms. The number of fused-ring (bicyclic) bond motifs is 4. The number of rotatable bonds is 7. The number of benzene rings is 4. The number of Topliss-reactive ketones (excluding diaryl/α,β-unsaturated/α-hetero) is 2. The second-order valence-electron chi connectivity index (χ2n) is 13.5. The number of hydrogen-bond donors (Lipinski definition) is 8. The van der Waals surface area contributed by atoms with Gasteiger partial charge in [-0.05, 0) is 60.0 Å². The summed E-state index contributed by atoms with van der Waals surface area (Å²) in [6.45, 7) is 2.67. The number of methoxy groups -OCH3 is 2. The van der Waals surface area contributed by atoms with Crippen molar-refractivity contribution in [2.75, 3.05) is 14.2 Å². The van der Waals surface area contributed by atoms with Crippen molar-refractivity contribution >= 4 is 45.0 Å². The number of phenols is 4. The number of aliphatic hydroxyl groups is 2. The Balaban J connectivity index is 1.57. The van der Waals surface area contributed by atoms with E-state index < -0.39 is 82.4 Å². The lowest BCUT2D eigenvalue weighted by Crippen LogP contribution is -2.41. The van der Waals surface area contributed by atoms with E-state index in [0.717, 1.165) is 12.2 Å². The van der Waals surface area contributed by atoms with Crippen molar-refractivity contribution in [3.8, 4) is 34.1 Å². The molecule has 4 aromatic carbocycles. The van der Waals surface area contributed by atoms with Crippen LogP contribution in [-0.2, 0) is 19.1 Å². The summed E-state index contributed by atoms with van der Waals surface area (Å²) >= 11 is 0. The predicted molar refractivity (Wildman–Crippen MR) is 184 cm³/mol. The van der Waals surface area contributed by atoms with E-state index in [9.17, 15) is 60.0 Å². The zero-order valence-electron chi connectivity index (χ0n) is 28.2. The Morgan fingerprint density at radius 1 is 0.654 bits per heavy atom. The Morgan fingerprint density at radius 2 is 1.00 bits per heavy atom. The van der Waals surface area contributed by atoms with Crippen molar-refractivity contribution in [1.29, 1.82) is 0 Å². The van der Waals surface area contributed by atoms with Gasteiger partial charge in [0.2, 0.25) is 0 Å². The highest BCUT2D eigenvalue weighted by Crippen LogP contribution is 2.54. The van der Waals surface area contributed by atoms with E-state index >= 15 is 0 Å². The van der Waals surface area contributed by atoms with Crippen molar-refractivity contribution < 1.29 is 69.5 Å². The number of aliphatic carboxylic acids is 2. The fourth-order valence-corrected chi connectivity index (χ4v) is 7.81. The number of carbonyl (C=O) groups is 4. The molecule has 0 saturated carbocycles. The van der Waals surface area contributed by atoms with Gasteiger partial charge in [0.25, 0.3) is 0 Å². The number of aromatic hydroxyl groups is 4. The summed E-state index contributed by atoms with van der Waals surface area (Å²) in [6.07, 6.45) is 0.447. The number of ketones is 2. The lowest BCUT2D eigenvalue weighted by atomic mass is 10.7. The van der Waals surface area contributed by atoms with Crippen LogP contribution in [0.4, 0.5) is 0 Å². The van der Waals surface area contributed by atoms with E-state index in [0.29, 0.717) is 0 Å². The van der Waals surface area contributed by atoms with Gasteiger partial charge in [-0.25, -0.2) is 9.59 Å². The molecule has 6 rings (SSSR count). The van der Waals surface area contributed by atoms with E-state index in [4.69, 9.17) is 9.47 Å². The van der Waals surface area contributed by atoms with Gasteiger partial charge in [-0.15, -0.1) is 0 Å². The topological polar surface area (TPSA) is 249 Å². The Kier molecular flexibility index (Phi) is 8.43. The molecular formula is C38H34O14. The van der Waals surface area contributed by atoms with E-state index in [-0.39, 0.29) is 66.4 Å². The van der Waals surface area contributed by atoms with Crippen LogP contribution >= 0.6 is 0 Å². The fourth-order valence-electron chi connectivity index (χ4n) is 7.81. The monoisotopic (exact) mass is 750 g/mol. The maximum Gasteiger partial charge on any atom is 0.331 e. The van der Waals surface area contributed by atoms with Gasteiger partial charge in [0.15, 0.2) is 11.6 Å². The van der Waals surface area contributed by atoms with Crippen molar-refractivity contribution in [3.05, 3.63) is 82.3 Å². The molecule has 0 aromatic heterocycles. The first-order valence-corrected chi connectivity index (χ1v) is 15.9. The standard InChI is InChI=1S/C38H34O14/c1-37(49)13-21(39)29-19(31(37)23(51-3)11-25(41)42)9-15-5-7-17(33(45)27(15)35(29)47)18-8-6-16-10-20-30(36(48)28(16)34(18)46)22(40)14-38(2,50)32(20)24(52-4)12-26(43)44/h5-12,31-32,45-50H,13-14H2,1-4H3,(H,41,42)(H,43,44)/b23-11-,24-12-/i1+1,2+1,5+1,6+1,7+1,8+1,9+1,10+1,11+1,12+1,13+1,14+1,15+1,16+1,17+1,18+1,19+1,20+1,21+1,22+1,23+1,24+1,25+1,26+1,27+1,28+1,29+1,30+1,31+1,32+1,33+1,34+1,35+1,36+1,37+1,38+1. The van der Waals surface area contributed by atoms with Gasteiger partial charge < -0.3 is 50.3 Å². The Hall–Kier alpha value is -6.12. The van der Waals surface area contributed by atoms with Crippen LogP contribution in [-0.4, -0.2) is 89.8 Å². The predicted octanol–water partition coefficient (Wildman–Crippen LogP) is 4.55. The summed E-state index contributed by atoms with van der Waals surface area (Å²) < 4.78 is 10.6. The molecule has 0 fully saturated rings. The Labute approximate surface area is 294 Å². The normalized spacial score (nSPS) is 23.3. The first-order valence-electron chi connectivity index (χ1n) is 15.9. The van der Waals surface area contributed by atoms with Crippen LogP contribution in [0.3, 0.4) is 0 Å². The summed E-state index contributed by atoms with van der Waals surface area (Å²) in [4.78, 5) is 49.8. The van der Waals surface area contributed by atoms with Crippen LogP contribution < -0.4 is 0 Å². The van der Waals surface area contributed by atoms with Gasteiger partial charge in [0, 0.05) is 24.0 Å². The third-order valence-corrected chi connectivity index (χ3v) is 9.89. The van der Waals surface area contributed by atoms with Crippen LogP contribution in [0.1, 0.15) is 70.4 Å². The highest BCUT2D eigenvalue weighted by atomic mass is 16.6. The Morgan fingerprint density at radius 3 is 1.31 bits per heavy atom. The third-order valence-electron chi connectivity index (χ3n) is 9.89. The zero-order valence-corrected chi connectivity index (χ0v) is 28.2. The van der Waals surface area contributed by atoms with Gasteiger partial charge in [-0.2, -0.15) is 0 Å². The molecule has 0 bridgehead atoms. The number of carboxylic acids is 2. The molecule has 0 saturated heterocycles. The minimum Gasteiger partial charge on any atom is -0.507 e. The molecule has 14 nitrogen and oxygen atoms in total. The van der Waals surface area contributed by atoms with Gasteiger partial charge in [-0.3, -0.25) is 9.59 Å². The molecule has 4 aromatic rings. The highest BCUT2D eigenvalue weighted by molar-refractivity contribution is 6.13. The number of carbonyl (C=O) groups excluding carboxylic acids is 2. The smallest absolute Gasteiger partial charge is 0.331 e. The second-order valence-corrected chi connectivity index (χ2v) is 13.5. The highest BCUT2D eigenvalue weighted by Gasteiger charge is 2.48. The van der Waals surface area contributed by atoms with Gasteiger partial charge in [-0.1, -0.05) is 12.1 Å². The average Bonchev–Trinajstić information content (AvgIpc) is 3.02. The molecule has 2 aliphatic carbocycles. The van der Waals surface area contributed by atoms with Crippen LogP contribution in [0, 0.1) is 0 Å². The number of hydrogen-bond acceptors (Lipinski definition) is 12. The van der Waals surface area contributed by atoms with Gasteiger partial charge >= 0.3 is 11.9 Å². The maximum atomic E-state index is 13.3. The van der Waals surface area contributed by atoms with Crippen molar-refractivity contribution in [1.82, 2.24) is 0 Å². The number of ether oxygens (including phenoxy) is 2. The fraction of sp³-hybridized carbons (Fsp3) is 0.263. The van der Waals surface area contributed by atoms with Gasteiger partial charge in [0.1, 0.15) is 34.5 Å². The zero-order chi connectivity index (χ0) is 38.2. The van der Waals surface area contributed by atoms with Crippen LogP contribution in [0.25, 0.3) is 32.7 Å². The average molecular weight is 750 g/mol. The molecule has 0 spiro atoms. The SMILES string of the molecule is CO/[13C](=[13CH]\[13C](=O)O)[13CH]1[13c]2[13cH][13c]3[13cH][13cH][13c](-[13c]4[13cH][13cH][13c]5[13cH][13c]6[13c]([13c](O)[13c]5[13c]4O)[13C](=O)[13CH2][13C]([13CH3])(O)[13CH]6/[13C](=[13CH]/[13C](=O)O)OC)[13c](O)[13c]3[13c](O)[13c]2[13C](=O)[13CH2][13C]1([13CH3])O. The van der Waals surface area contributed by atoms with Crippen LogP contribution in [0.2, 0.25) is 0 Å². The van der Waals surface area contributed by atoms with E-state index in [2.05, 4.69) is 0 Å². The summed E-state index contributed by atoms with van der Waals surface area (Å²) in [5.41, 5.74) is -4.13. The second kappa shape index (κ2) is 12.3. The van der Waals surface area contributed by atoms with E-state index in [1.807, 2.05) is 0 Å². The number of phenolic OH excluding ortho intramolecular Hbond substituents is 4. The molecule has 0 aliphatic heterocycles.